The van der Waals surface area contributed by atoms with Gasteiger partial charge < -0.3 is 5.11 Å². The quantitative estimate of drug-likeness (QED) is 0.310. The molecule has 0 spiro atoms. The number of nitrogens with zero attached hydrogens (tertiary/aromatic N) is 1. The van der Waals surface area contributed by atoms with Crippen molar-refractivity contribution in [3.8, 4) is 10.6 Å². The molecule has 5 rings (SSSR count). The number of carboxylic acids is 1. The van der Waals surface area contributed by atoms with Crippen molar-refractivity contribution in [3.05, 3.63) is 59.2 Å². The Balaban J connectivity index is 0.00000289. The average molecular weight is 517 g/mol. The molecule has 0 amide bonds. The SMILES string of the molecule is CCc1cccc2c(C(=O)O)c(S(=O)(=O)C3CCCCC3)c(-c3sc4ccccc4c3C)nc12.[Na]. The summed E-state index contributed by atoms with van der Waals surface area (Å²) in [4.78, 5) is 18.3. The number of aromatic carboxylic acids is 1. The van der Waals surface area contributed by atoms with Crippen LogP contribution < -0.4 is 0 Å². The molecule has 2 aromatic heterocycles. The summed E-state index contributed by atoms with van der Waals surface area (Å²) in [6.07, 6.45) is 4.46. The first kappa shape index (κ1) is 26.3. The van der Waals surface area contributed by atoms with Crippen LogP contribution in [-0.2, 0) is 16.3 Å². The minimum absolute atomic E-state index is 0. The molecule has 1 radical (unpaired) electrons. The average Bonchev–Trinajstić information content (AvgIpc) is 3.19. The van der Waals surface area contributed by atoms with E-state index in [2.05, 4.69) is 0 Å². The first-order chi connectivity index (χ1) is 16.3. The Hall–Kier alpha value is -1.77. The van der Waals surface area contributed by atoms with Crippen LogP contribution in [0.3, 0.4) is 0 Å². The van der Waals surface area contributed by atoms with E-state index in [1.165, 1.54) is 11.3 Å². The predicted molar refractivity (Wildman–Crippen MR) is 143 cm³/mol. The summed E-state index contributed by atoms with van der Waals surface area (Å²) in [6.45, 7) is 3.96. The molecular formula is C27H27NNaO4S2. The second-order valence-electron chi connectivity index (χ2n) is 8.99. The molecule has 4 aromatic rings. The van der Waals surface area contributed by atoms with Crippen molar-refractivity contribution in [3.63, 3.8) is 0 Å². The number of aromatic nitrogens is 1. The first-order valence-corrected chi connectivity index (χ1v) is 14.1. The van der Waals surface area contributed by atoms with Crippen molar-refractivity contribution in [2.75, 3.05) is 0 Å². The molecular weight excluding hydrogens is 489 g/mol. The molecule has 1 fully saturated rings. The fourth-order valence-electron chi connectivity index (χ4n) is 5.20. The fourth-order valence-corrected chi connectivity index (χ4v) is 8.66. The first-order valence-electron chi connectivity index (χ1n) is 11.8. The van der Waals surface area contributed by atoms with E-state index in [0.717, 1.165) is 45.4 Å². The molecule has 8 heteroatoms. The van der Waals surface area contributed by atoms with Crippen LogP contribution in [0, 0.1) is 6.92 Å². The molecule has 177 valence electrons. The molecule has 0 atom stereocenters. The van der Waals surface area contributed by atoms with Crippen molar-refractivity contribution in [2.24, 2.45) is 0 Å². The minimum atomic E-state index is -3.92. The van der Waals surface area contributed by atoms with Gasteiger partial charge in [0.05, 0.1) is 21.2 Å². The molecule has 5 nitrogen and oxygen atoms in total. The van der Waals surface area contributed by atoms with Gasteiger partial charge >= 0.3 is 5.97 Å². The van der Waals surface area contributed by atoms with E-state index < -0.39 is 21.1 Å². The molecule has 0 bridgehead atoms. The standard InChI is InChI=1S/C27H27NO4S2.Na/c1-3-17-10-9-14-20-22(27(29)30)26(34(31,32)18-11-5-4-6-12-18)24(28-23(17)20)25-16(2)19-13-7-8-15-21(19)33-25;/h7-10,13-15,18H,3-6,11-12H2,1-2H3,(H,29,30);. The number of rotatable bonds is 5. The zero-order valence-corrected chi connectivity index (χ0v) is 23.9. The van der Waals surface area contributed by atoms with Crippen molar-refractivity contribution < 1.29 is 18.3 Å². The van der Waals surface area contributed by atoms with Gasteiger partial charge in [-0.05, 0) is 48.8 Å². The molecule has 0 aliphatic heterocycles. The van der Waals surface area contributed by atoms with Crippen LogP contribution in [0.4, 0.5) is 0 Å². The Morgan fingerprint density at radius 2 is 1.74 bits per heavy atom. The molecule has 0 unspecified atom stereocenters. The topological polar surface area (TPSA) is 84.3 Å². The summed E-state index contributed by atoms with van der Waals surface area (Å²) in [5.41, 5.74) is 2.55. The second-order valence-corrected chi connectivity index (χ2v) is 12.2. The monoisotopic (exact) mass is 516 g/mol. The summed E-state index contributed by atoms with van der Waals surface area (Å²) in [6, 6.07) is 13.3. The Morgan fingerprint density at radius 1 is 1.06 bits per heavy atom. The van der Waals surface area contributed by atoms with Crippen LogP contribution in [0.1, 0.15) is 60.5 Å². The normalized spacial score (nSPS) is 14.8. The molecule has 0 saturated heterocycles. The maximum atomic E-state index is 14.1. The van der Waals surface area contributed by atoms with E-state index in [0.29, 0.717) is 30.2 Å². The van der Waals surface area contributed by atoms with Crippen LogP contribution in [0.25, 0.3) is 31.6 Å². The number of hydrogen-bond donors (Lipinski definition) is 1. The van der Waals surface area contributed by atoms with Crippen LogP contribution in [0.5, 0.6) is 0 Å². The van der Waals surface area contributed by atoms with Gasteiger partial charge in [0.15, 0.2) is 9.84 Å². The van der Waals surface area contributed by atoms with Gasteiger partial charge in [-0.1, -0.05) is 62.6 Å². The number of hydrogen-bond acceptors (Lipinski definition) is 5. The van der Waals surface area contributed by atoms with E-state index in [1.54, 1.807) is 12.1 Å². The predicted octanol–water partition coefficient (Wildman–Crippen LogP) is 6.41. The van der Waals surface area contributed by atoms with Gasteiger partial charge in [0.1, 0.15) is 10.6 Å². The molecule has 1 N–H and O–H groups in total. The third-order valence-electron chi connectivity index (χ3n) is 6.98. The summed E-state index contributed by atoms with van der Waals surface area (Å²) >= 11 is 1.48. The van der Waals surface area contributed by atoms with Crippen molar-refractivity contribution in [1.29, 1.82) is 0 Å². The number of sulfone groups is 1. The summed E-state index contributed by atoms with van der Waals surface area (Å²) in [5, 5.41) is 11.2. The maximum Gasteiger partial charge on any atom is 0.337 e. The van der Waals surface area contributed by atoms with Gasteiger partial charge in [-0.15, -0.1) is 11.3 Å². The molecule has 1 aliphatic rings. The third-order valence-corrected chi connectivity index (χ3v) is 10.6. The summed E-state index contributed by atoms with van der Waals surface area (Å²) in [5.74, 6) is -1.23. The van der Waals surface area contributed by atoms with Gasteiger partial charge in [-0.2, -0.15) is 0 Å². The molecule has 1 aliphatic carbocycles. The van der Waals surface area contributed by atoms with E-state index >= 15 is 0 Å². The van der Waals surface area contributed by atoms with Gasteiger partial charge in [0, 0.05) is 39.6 Å². The van der Waals surface area contributed by atoms with Crippen LogP contribution in [-0.4, -0.2) is 59.3 Å². The number of carboxylic acid groups (broad SMARTS) is 1. The Kier molecular flexibility index (Phi) is 7.74. The number of fused-ring (bicyclic) bond motifs is 2. The number of aryl methyl sites for hydroxylation is 2. The van der Waals surface area contributed by atoms with Crippen molar-refractivity contribution in [2.45, 2.75) is 62.5 Å². The second kappa shape index (κ2) is 10.3. The zero-order valence-electron chi connectivity index (χ0n) is 20.3. The van der Waals surface area contributed by atoms with Gasteiger partial charge in [-0.3, -0.25) is 0 Å². The van der Waals surface area contributed by atoms with Gasteiger partial charge in [-0.25, -0.2) is 18.2 Å². The number of para-hydroxylation sites is 1. The van der Waals surface area contributed by atoms with Gasteiger partial charge in [0.2, 0.25) is 0 Å². The van der Waals surface area contributed by atoms with Gasteiger partial charge in [0.25, 0.3) is 0 Å². The molecule has 2 aromatic carbocycles. The zero-order chi connectivity index (χ0) is 24.0. The van der Waals surface area contributed by atoms with E-state index in [9.17, 15) is 18.3 Å². The Labute approximate surface area is 231 Å². The smallest absolute Gasteiger partial charge is 0.337 e. The Bertz CT molecular complexity index is 1540. The third kappa shape index (κ3) is 4.46. The number of carbonyl (C=O) groups is 1. The van der Waals surface area contributed by atoms with Crippen LogP contribution in [0.15, 0.2) is 47.4 Å². The molecule has 1 saturated carbocycles. The van der Waals surface area contributed by atoms with Crippen LogP contribution in [0.2, 0.25) is 0 Å². The van der Waals surface area contributed by atoms with Crippen molar-refractivity contribution in [1.82, 2.24) is 4.98 Å². The summed E-state index contributed by atoms with van der Waals surface area (Å²) in [7, 11) is -3.92. The van der Waals surface area contributed by atoms with E-state index in [1.807, 2.05) is 44.2 Å². The molecule has 35 heavy (non-hydrogen) atoms. The minimum Gasteiger partial charge on any atom is -0.478 e. The maximum absolute atomic E-state index is 14.1. The molecule has 2 heterocycles. The van der Waals surface area contributed by atoms with E-state index in [4.69, 9.17) is 4.98 Å². The van der Waals surface area contributed by atoms with Crippen molar-refractivity contribution >= 4 is 77.7 Å². The number of benzene rings is 2. The van der Waals surface area contributed by atoms with Crippen LogP contribution >= 0.6 is 11.3 Å². The Morgan fingerprint density at radius 3 is 2.40 bits per heavy atom. The largest absolute Gasteiger partial charge is 0.478 e. The number of pyridine rings is 1. The fraction of sp³-hybridized carbons (Fsp3) is 0.333. The number of thiophene rings is 1. The summed E-state index contributed by atoms with van der Waals surface area (Å²) < 4.78 is 29.3. The van der Waals surface area contributed by atoms with E-state index in [-0.39, 0.29) is 45.7 Å².